The van der Waals surface area contributed by atoms with Crippen LogP contribution in [-0.4, -0.2) is 27.0 Å². The summed E-state index contributed by atoms with van der Waals surface area (Å²) in [6.45, 7) is 0.300. The Morgan fingerprint density at radius 2 is 1.78 bits per heavy atom. The van der Waals surface area contributed by atoms with Crippen LogP contribution in [0.5, 0.6) is 0 Å². The molecule has 0 fully saturated rings. The van der Waals surface area contributed by atoms with E-state index in [1.807, 2.05) is 42.5 Å². The van der Waals surface area contributed by atoms with Crippen molar-refractivity contribution in [2.45, 2.75) is 12.7 Å². The number of imidazole rings is 1. The van der Waals surface area contributed by atoms with E-state index in [4.69, 9.17) is 5.73 Å². The number of halogens is 2. The van der Waals surface area contributed by atoms with E-state index in [1.54, 1.807) is 34.9 Å². The summed E-state index contributed by atoms with van der Waals surface area (Å²) in [5, 5.41) is 4.91. The Balaban J connectivity index is 1.39. The molecule has 2 aromatic heterocycles. The zero-order valence-electron chi connectivity index (χ0n) is 19.7. The number of anilines is 1. The number of amides is 1. The van der Waals surface area contributed by atoms with Crippen molar-refractivity contribution < 1.29 is 13.6 Å². The minimum Gasteiger partial charge on any atom is -0.384 e. The van der Waals surface area contributed by atoms with E-state index in [-0.39, 0.29) is 12.2 Å². The summed E-state index contributed by atoms with van der Waals surface area (Å²) in [5.74, 6) is -0.290. The maximum absolute atomic E-state index is 15.9. The predicted octanol–water partition coefficient (Wildman–Crippen LogP) is 6.55. The second-order valence-electron chi connectivity index (χ2n) is 8.89. The molecule has 0 saturated heterocycles. The quantitative estimate of drug-likeness (QED) is 0.235. The van der Waals surface area contributed by atoms with Crippen molar-refractivity contribution in [2.75, 3.05) is 11.9 Å². The predicted molar refractivity (Wildman–Crippen MR) is 143 cm³/mol. The number of carbonyl (C=O) groups excluding carboxylic acids is 1. The molecule has 37 heavy (non-hydrogen) atoms. The number of aromatic nitrogens is 3. The summed E-state index contributed by atoms with van der Waals surface area (Å²) in [4.78, 5) is 19.6. The number of benzene rings is 4. The summed E-state index contributed by atoms with van der Waals surface area (Å²) < 4.78 is 31.3. The van der Waals surface area contributed by atoms with Crippen LogP contribution in [0.15, 0.2) is 84.9 Å². The van der Waals surface area contributed by atoms with Crippen molar-refractivity contribution >= 4 is 44.4 Å². The molecule has 0 bridgehead atoms. The number of hydrogen-bond acceptors (Lipinski definition) is 3. The number of alkyl halides is 1. The van der Waals surface area contributed by atoms with Crippen molar-refractivity contribution in [3.63, 3.8) is 0 Å². The minimum atomic E-state index is -1.34. The standard InChI is InChI=1S/C29H23F2N5O/c30-17-12-13-22-23(16-17)35-29(34-22)20-8-5-11-25-27(20)19-7-2-4-10-24(19)36(25)26(31)14-15-33-21-9-3-1-6-18(21)28(32)37/h1-13,16,26,33H,14-15H2,(H2,32,37)(H,34,35). The van der Waals surface area contributed by atoms with Gasteiger partial charge in [-0.2, -0.15) is 0 Å². The lowest BCUT2D eigenvalue weighted by atomic mass is 10.1. The molecule has 6 nitrogen and oxygen atoms in total. The number of H-pyrrole nitrogens is 1. The number of nitrogens with one attached hydrogen (secondary N) is 2. The Bertz CT molecular complexity index is 1790. The third kappa shape index (κ3) is 3.96. The highest BCUT2D eigenvalue weighted by atomic mass is 19.1. The number of para-hydroxylation sites is 2. The molecule has 1 amide bonds. The van der Waals surface area contributed by atoms with Crippen molar-refractivity contribution in [3.8, 4) is 11.4 Å². The fourth-order valence-corrected chi connectivity index (χ4v) is 4.96. The number of nitrogens with two attached hydrogens (primary N) is 1. The lowest BCUT2D eigenvalue weighted by molar-refractivity contribution is 0.100. The Kier molecular flexibility index (Phi) is 5.56. The molecule has 0 spiro atoms. The lowest BCUT2D eigenvalue weighted by Gasteiger charge is -2.15. The third-order valence-corrected chi connectivity index (χ3v) is 6.60. The first-order valence-corrected chi connectivity index (χ1v) is 12.0. The summed E-state index contributed by atoms with van der Waals surface area (Å²) in [5.41, 5.74) is 9.96. The zero-order chi connectivity index (χ0) is 25.5. The van der Waals surface area contributed by atoms with Gasteiger partial charge in [-0.15, -0.1) is 0 Å². The fraction of sp³-hybridized carbons (Fsp3) is 0.103. The molecule has 0 aliphatic rings. The molecule has 0 aliphatic carbocycles. The number of fused-ring (bicyclic) bond motifs is 4. The number of carbonyl (C=O) groups is 1. The molecule has 184 valence electrons. The average Bonchev–Trinajstić information content (AvgIpc) is 3.47. The largest absolute Gasteiger partial charge is 0.384 e. The minimum absolute atomic E-state index is 0.162. The molecular formula is C29H23F2N5O. The number of hydrogen-bond donors (Lipinski definition) is 3. The molecule has 8 heteroatoms. The number of nitrogens with zero attached hydrogens (tertiary/aromatic N) is 2. The van der Waals surface area contributed by atoms with Gasteiger partial charge in [0.05, 0.1) is 27.6 Å². The van der Waals surface area contributed by atoms with Gasteiger partial charge in [0.1, 0.15) is 11.6 Å². The van der Waals surface area contributed by atoms with Crippen LogP contribution in [0.25, 0.3) is 44.2 Å². The molecule has 6 rings (SSSR count). The summed E-state index contributed by atoms with van der Waals surface area (Å²) >= 11 is 0. The van der Waals surface area contributed by atoms with Gasteiger partial charge in [0.2, 0.25) is 0 Å². The topological polar surface area (TPSA) is 88.7 Å². The van der Waals surface area contributed by atoms with Crippen LogP contribution in [0.2, 0.25) is 0 Å². The first-order chi connectivity index (χ1) is 18.0. The SMILES string of the molecule is NC(=O)c1ccccc1NCCC(F)n1c2ccccc2c2c(-c3nc4ccc(F)cc4[nH]3)cccc21. The van der Waals surface area contributed by atoms with Crippen molar-refractivity contribution in [1.82, 2.24) is 14.5 Å². The van der Waals surface area contributed by atoms with Crippen LogP contribution in [0.1, 0.15) is 23.1 Å². The summed E-state index contributed by atoms with van der Waals surface area (Å²) in [7, 11) is 0. The lowest BCUT2D eigenvalue weighted by Crippen LogP contribution is -2.16. The van der Waals surface area contributed by atoms with Gasteiger partial charge in [0.15, 0.2) is 6.30 Å². The van der Waals surface area contributed by atoms with Gasteiger partial charge in [-0.1, -0.05) is 42.5 Å². The number of aromatic amines is 1. The molecule has 1 atom stereocenters. The summed E-state index contributed by atoms with van der Waals surface area (Å²) in [6.07, 6.45) is -1.18. The zero-order valence-corrected chi connectivity index (χ0v) is 19.7. The average molecular weight is 496 g/mol. The van der Waals surface area contributed by atoms with Crippen molar-refractivity contribution in [2.24, 2.45) is 5.73 Å². The van der Waals surface area contributed by atoms with E-state index in [1.165, 1.54) is 12.1 Å². The Morgan fingerprint density at radius 1 is 1.00 bits per heavy atom. The van der Waals surface area contributed by atoms with Gasteiger partial charge in [-0.05, 0) is 42.5 Å². The van der Waals surface area contributed by atoms with Gasteiger partial charge in [0, 0.05) is 35.0 Å². The summed E-state index contributed by atoms with van der Waals surface area (Å²) in [6, 6.07) is 24.7. The van der Waals surface area contributed by atoms with Crippen LogP contribution in [0.4, 0.5) is 14.5 Å². The van der Waals surface area contributed by atoms with E-state index in [0.717, 1.165) is 27.4 Å². The van der Waals surface area contributed by atoms with E-state index in [2.05, 4.69) is 15.3 Å². The van der Waals surface area contributed by atoms with Crippen molar-refractivity contribution in [3.05, 3.63) is 96.3 Å². The fourth-order valence-electron chi connectivity index (χ4n) is 4.96. The Labute approximate surface area is 210 Å². The second-order valence-corrected chi connectivity index (χ2v) is 8.89. The second kappa shape index (κ2) is 9.05. The van der Waals surface area contributed by atoms with Crippen LogP contribution >= 0.6 is 0 Å². The van der Waals surface area contributed by atoms with E-state index in [0.29, 0.717) is 34.7 Å². The monoisotopic (exact) mass is 495 g/mol. The highest BCUT2D eigenvalue weighted by molar-refractivity contribution is 6.14. The molecular weight excluding hydrogens is 472 g/mol. The van der Waals surface area contributed by atoms with Crippen LogP contribution < -0.4 is 11.1 Å². The molecule has 0 saturated carbocycles. The van der Waals surface area contributed by atoms with Crippen LogP contribution in [0, 0.1) is 5.82 Å². The maximum atomic E-state index is 15.9. The van der Waals surface area contributed by atoms with E-state index >= 15 is 4.39 Å². The van der Waals surface area contributed by atoms with Crippen LogP contribution in [-0.2, 0) is 0 Å². The Hall–Kier alpha value is -4.72. The normalized spacial score (nSPS) is 12.4. The smallest absolute Gasteiger partial charge is 0.250 e. The van der Waals surface area contributed by atoms with E-state index < -0.39 is 12.2 Å². The molecule has 1 unspecified atom stereocenters. The molecule has 4 N–H and O–H groups in total. The molecule has 2 heterocycles. The van der Waals surface area contributed by atoms with Gasteiger partial charge in [-0.3, -0.25) is 4.79 Å². The molecule has 0 radical (unpaired) electrons. The van der Waals surface area contributed by atoms with Gasteiger partial charge < -0.3 is 20.6 Å². The van der Waals surface area contributed by atoms with Crippen LogP contribution in [0.3, 0.4) is 0 Å². The first-order valence-electron chi connectivity index (χ1n) is 12.0. The highest BCUT2D eigenvalue weighted by Gasteiger charge is 2.21. The maximum Gasteiger partial charge on any atom is 0.250 e. The highest BCUT2D eigenvalue weighted by Crippen LogP contribution is 2.39. The third-order valence-electron chi connectivity index (χ3n) is 6.60. The molecule has 0 aliphatic heterocycles. The van der Waals surface area contributed by atoms with Gasteiger partial charge in [0.25, 0.3) is 5.91 Å². The van der Waals surface area contributed by atoms with Gasteiger partial charge >= 0.3 is 0 Å². The van der Waals surface area contributed by atoms with Gasteiger partial charge in [-0.25, -0.2) is 13.8 Å². The number of primary amides is 1. The first kappa shape index (κ1) is 22.7. The molecule has 6 aromatic rings. The van der Waals surface area contributed by atoms with Crippen molar-refractivity contribution in [1.29, 1.82) is 0 Å². The molecule has 4 aromatic carbocycles. The number of rotatable bonds is 7. The Morgan fingerprint density at radius 3 is 2.65 bits per heavy atom. The van der Waals surface area contributed by atoms with E-state index in [9.17, 15) is 9.18 Å².